The Morgan fingerprint density at radius 1 is 1.30 bits per heavy atom. The molecule has 1 aliphatic rings. The van der Waals surface area contributed by atoms with Gasteiger partial charge in [0.25, 0.3) is 0 Å². The first-order valence-electron chi connectivity index (χ1n) is 7.24. The summed E-state index contributed by atoms with van der Waals surface area (Å²) in [6.45, 7) is 4.55. The van der Waals surface area contributed by atoms with Crippen LogP contribution in [-0.2, 0) is 10.0 Å². The lowest BCUT2D eigenvalue weighted by Crippen LogP contribution is -2.41. The fraction of sp³-hybridized carbons (Fsp3) is 0.600. The van der Waals surface area contributed by atoms with Crippen LogP contribution in [0.5, 0.6) is 0 Å². The summed E-state index contributed by atoms with van der Waals surface area (Å²) in [6, 6.07) is 6.72. The van der Waals surface area contributed by atoms with Gasteiger partial charge in [-0.2, -0.15) is 0 Å². The van der Waals surface area contributed by atoms with Crippen LogP contribution >= 0.6 is 0 Å². The smallest absolute Gasteiger partial charge is 0.240 e. The van der Waals surface area contributed by atoms with E-state index in [1.165, 1.54) is 6.42 Å². The van der Waals surface area contributed by atoms with Crippen molar-refractivity contribution >= 4 is 10.0 Å². The minimum absolute atomic E-state index is 0.0851. The Bertz CT molecular complexity index is 540. The third-order valence-electron chi connectivity index (χ3n) is 4.52. The standard InChI is InChI=1S/C15H24N2O2S/c1-3-15(9-4-10-15)11-17-20(18,19)14-7-5-13(6-8-14)12(2)16/h5-8,12,17H,3-4,9-11,16H2,1-2H3. The minimum atomic E-state index is -3.41. The molecule has 0 aliphatic heterocycles. The van der Waals surface area contributed by atoms with Gasteiger partial charge in [0.1, 0.15) is 0 Å². The summed E-state index contributed by atoms with van der Waals surface area (Å²) in [5.74, 6) is 0. The average Bonchev–Trinajstić information content (AvgIpc) is 2.38. The van der Waals surface area contributed by atoms with Crippen LogP contribution in [0.4, 0.5) is 0 Å². The molecule has 1 atom stereocenters. The summed E-state index contributed by atoms with van der Waals surface area (Å²) in [7, 11) is -3.41. The molecule has 0 spiro atoms. The quantitative estimate of drug-likeness (QED) is 0.847. The molecular weight excluding hydrogens is 272 g/mol. The number of nitrogens with two attached hydrogens (primary N) is 1. The van der Waals surface area contributed by atoms with E-state index in [9.17, 15) is 8.42 Å². The monoisotopic (exact) mass is 296 g/mol. The molecule has 1 aliphatic carbocycles. The first kappa shape index (κ1) is 15.5. The topological polar surface area (TPSA) is 72.2 Å². The van der Waals surface area contributed by atoms with Crippen molar-refractivity contribution in [2.24, 2.45) is 11.1 Å². The van der Waals surface area contributed by atoms with Crippen LogP contribution in [0.15, 0.2) is 29.2 Å². The summed E-state index contributed by atoms with van der Waals surface area (Å²) in [6.07, 6.45) is 4.48. The van der Waals surface area contributed by atoms with Crippen LogP contribution in [-0.4, -0.2) is 15.0 Å². The minimum Gasteiger partial charge on any atom is -0.324 e. The third kappa shape index (κ3) is 3.22. The van der Waals surface area contributed by atoms with Crippen molar-refractivity contribution in [3.05, 3.63) is 29.8 Å². The first-order valence-corrected chi connectivity index (χ1v) is 8.72. The van der Waals surface area contributed by atoms with Crippen molar-refractivity contribution in [3.63, 3.8) is 0 Å². The van der Waals surface area contributed by atoms with Gasteiger partial charge in [-0.3, -0.25) is 0 Å². The molecular formula is C15H24N2O2S. The number of benzene rings is 1. The molecule has 0 saturated heterocycles. The molecule has 1 fully saturated rings. The van der Waals surface area contributed by atoms with Crippen molar-refractivity contribution in [1.29, 1.82) is 0 Å². The Labute approximate surface area is 121 Å². The summed E-state index contributed by atoms with van der Waals surface area (Å²) in [4.78, 5) is 0.312. The highest BCUT2D eigenvalue weighted by Crippen LogP contribution is 2.43. The second kappa shape index (κ2) is 5.84. The van der Waals surface area contributed by atoms with E-state index in [4.69, 9.17) is 5.73 Å². The Kier molecular flexibility index (Phi) is 4.52. The van der Waals surface area contributed by atoms with Gasteiger partial charge in [0.05, 0.1) is 4.90 Å². The highest BCUT2D eigenvalue weighted by atomic mass is 32.2. The molecule has 5 heteroatoms. The molecule has 0 amide bonds. The predicted molar refractivity (Wildman–Crippen MR) is 80.8 cm³/mol. The van der Waals surface area contributed by atoms with E-state index in [2.05, 4.69) is 11.6 Å². The molecule has 1 unspecified atom stereocenters. The van der Waals surface area contributed by atoms with Crippen LogP contribution in [0.3, 0.4) is 0 Å². The Morgan fingerprint density at radius 3 is 2.30 bits per heavy atom. The molecule has 20 heavy (non-hydrogen) atoms. The van der Waals surface area contributed by atoms with Crippen LogP contribution in [0.1, 0.15) is 51.1 Å². The van der Waals surface area contributed by atoms with Crippen molar-refractivity contribution < 1.29 is 8.42 Å². The molecule has 0 aromatic heterocycles. The fourth-order valence-corrected chi connectivity index (χ4v) is 3.77. The highest BCUT2D eigenvalue weighted by Gasteiger charge is 2.36. The lowest BCUT2D eigenvalue weighted by molar-refractivity contribution is 0.133. The van der Waals surface area contributed by atoms with E-state index >= 15 is 0 Å². The van der Waals surface area contributed by atoms with Gasteiger partial charge in [-0.15, -0.1) is 0 Å². The van der Waals surface area contributed by atoms with Crippen LogP contribution < -0.4 is 10.5 Å². The normalized spacial score (nSPS) is 19.4. The summed E-state index contributed by atoms with van der Waals surface area (Å²) in [5.41, 5.74) is 6.88. The van der Waals surface area contributed by atoms with Crippen LogP contribution in [0, 0.1) is 5.41 Å². The Balaban J connectivity index is 2.06. The van der Waals surface area contributed by atoms with E-state index in [-0.39, 0.29) is 11.5 Å². The van der Waals surface area contributed by atoms with Crippen molar-refractivity contribution in [2.45, 2.75) is 50.5 Å². The van der Waals surface area contributed by atoms with Crippen molar-refractivity contribution in [3.8, 4) is 0 Å². The van der Waals surface area contributed by atoms with E-state index in [0.29, 0.717) is 11.4 Å². The maximum atomic E-state index is 12.3. The Hall–Kier alpha value is -0.910. The Morgan fingerprint density at radius 2 is 1.90 bits per heavy atom. The average molecular weight is 296 g/mol. The first-order chi connectivity index (χ1) is 9.38. The molecule has 0 bridgehead atoms. The van der Waals surface area contributed by atoms with Gasteiger partial charge in [0.2, 0.25) is 10.0 Å². The molecule has 1 aromatic rings. The van der Waals surface area contributed by atoms with E-state index in [1.807, 2.05) is 6.92 Å². The lowest BCUT2D eigenvalue weighted by atomic mass is 9.67. The van der Waals surface area contributed by atoms with E-state index in [0.717, 1.165) is 24.8 Å². The second-order valence-corrected chi connectivity index (χ2v) is 7.66. The van der Waals surface area contributed by atoms with E-state index in [1.54, 1.807) is 24.3 Å². The van der Waals surface area contributed by atoms with Gasteiger partial charge < -0.3 is 5.73 Å². The molecule has 112 valence electrons. The number of nitrogens with one attached hydrogen (secondary N) is 1. The van der Waals surface area contributed by atoms with Gasteiger partial charge in [-0.25, -0.2) is 13.1 Å². The second-order valence-electron chi connectivity index (χ2n) is 5.89. The van der Waals surface area contributed by atoms with Crippen LogP contribution in [0.25, 0.3) is 0 Å². The molecule has 4 nitrogen and oxygen atoms in total. The molecule has 3 N–H and O–H groups in total. The maximum absolute atomic E-state index is 12.3. The van der Waals surface area contributed by atoms with Gasteiger partial charge in [-0.1, -0.05) is 25.5 Å². The zero-order valence-corrected chi connectivity index (χ0v) is 13.0. The van der Waals surface area contributed by atoms with Gasteiger partial charge in [-0.05, 0) is 49.3 Å². The summed E-state index contributed by atoms with van der Waals surface area (Å²) >= 11 is 0. The van der Waals surface area contributed by atoms with Crippen molar-refractivity contribution in [1.82, 2.24) is 4.72 Å². The van der Waals surface area contributed by atoms with Gasteiger partial charge in [0, 0.05) is 12.6 Å². The summed E-state index contributed by atoms with van der Waals surface area (Å²) < 4.78 is 27.3. The fourth-order valence-electron chi connectivity index (χ4n) is 2.61. The third-order valence-corrected chi connectivity index (χ3v) is 5.93. The van der Waals surface area contributed by atoms with Gasteiger partial charge >= 0.3 is 0 Å². The predicted octanol–water partition coefficient (Wildman–Crippen LogP) is 2.56. The largest absolute Gasteiger partial charge is 0.324 e. The molecule has 1 aromatic carbocycles. The van der Waals surface area contributed by atoms with Crippen LogP contribution in [0.2, 0.25) is 0 Å². The zero-order valence-electron chi connectivity index (χ0n) is 12.2. The molecule has 0 heterocycles. The maximum Gasteiger partial charge on any atom is 0.240 e. The lowest BCUT2D eigenvalue weighted by Gasteiger charge is -2.41. The number of hydrogen-bond acceptors (Lipinski definition) is 3. The molecule has 2 rings (SSSR count). The SMILES string of the molecule is CCC1(CNS(=O)(=O)c2ccc(C(C)N)cc2)CCC1. The number of hydrogen-bond donors (Lipinski definition) is 2. The van der Waals surface area contributed by atoms with Crippen molar-refractivity contribution in [2.75, 3.05) is 6.54 Å². The molecule has 1 saturated carbocycles. The highest BCUT2D eigenvalue weighted by molar-refractivity contribution is 7.89. The zero-order chi connectivity index (χ0) is 14.8. The summed E-state index contributed by atoms with van der Waals surface area (Å²) in [5, 5.41) is 0. The van der Waals surface area contributed by atoms with Gasteiger partial charge in [0.15, 0.2) is 0 Å². The molecule has 0 radical (unpaired) electrons. The number of sulfonamides is 1. The van der Waals surface area contributed by atoms with E-state index < -0.39 is 10.0 Å². The number of rotatable bonds is 6.